The lowest BCUT2D eigenvalue weighted by atomic mass is 10.2. The first-order chi connectivity index (χ1) is 12.9. The zero-order chi connectivity index (χ0) is 19.7. The molecule has 0 aliphatic heterocycles. The third-order valence-electron chi connectivity index (χ3n) is 3.70. The van der Waals surface area contributed by atoms with E-state index in [9.17, 15) is 13.2 Å². The Morgan fingerprint density at radius 1 is 1.11 bits per heavy atom. The number of thioether (sulfide) groups is 1. The Balaban J connectivity index is 1.74. The van der Waals surface area contributed by atoms with Crippen molar-refractivity contribution in [2.24, 2.45) is 0 Å². The SMILES string of the molecule is CS(=O)(=O)N(CC(=O)NCCCSCc1ccccc1)c1ccc(Cl)cc1. The van der Waals surface area contributed by atoms with Gasteiger partial charge in [0.1, 0.15) is 6.54 Å². The molecule has 146 valence electrons. The van der Waals surface area contributed by atoms with Gasteiger partial charge >= 0.3 is 0 Å². The zero-order valence-corrected chi connectivity index (χ0v) is 17.5. The summed E-state index contributed by atoms with van der Waals surface area (Å²) in [4.78, 5) is 12.1. The molecule has 0 fully saturated rings. The Labute approximate surface area is 170 Å². The van der Waals surface area contributed by atoms with Crippen LogP contribution in [0.15, 0.2) is 54.6 Å². The van der Waals surface area contributed by atoms with Crippen LogP contribution in [-0.4, -0.2) is 39.4 Å². The van der Waals surface area contributed by atoms with E-state index in [4.69, 9.17) is 11.6 Å². The molecule has 5 nitrogen and oxygen atoms in total. The number of nitrogens with one attached hydrogen (secondary N) is 1. The van der Waals surface area contributed by atoms with E-state index in [0.717, 1.165) is 28.5 Å². The molecule has 0 heterocycles. The maximum absolute atomic E-state index is 12.1. The standard InChI is InChI=1S/C19H23ClN2O3S2/c1-27(24,25)22(18-10-8-17(20)9-11-18)14-19(23)21-12-5-13-26-15-16-6-3-2-4-7-16/h2-4,6-11H,5,12-15H2,1H3,(H,21,23). The fourth-order valence-corrected chi connectivity index (χ4v) is 4.26. The summed E-state index contributed by atoms with van der Waals surface area (Å²) in [6, 6.07) is 16.6. The number of hydrogen-bond donors (Lipinski definition) is 1. The monoisotopic (exact) mass is 426 g/mol. The Kier molecular flexibility index (Phi) is 8.47. The van der Waals surface area contributed by atoms with E-state index in [1.807, 2.05) is 18.2 Å². The van der Waals surface area contributed by atoms with Crippen LogP contribution >= 0.6 is 23.4 Å². The molecule has 2 rings (SSSR count). The Hall–Kier alpha value is -1.70. The van der Waals surface area contributed by atoms with Gasteiger partial charge < -0.3 is 5.32 Å². The molecule has 0 aliphatic carbocycles. The number of rotatable bonds is 10. The van der Waals surface area contributed by atoms with Crippen molar-refractivity contribution < 1.29 is 13.2 Å². The summed E-state index contributed by atoms with van der Waals surface area (Å²) in [5.74, 6) is 1.53. The van der Waals surface area contributed by atoms with Gasteiger partial charge in [-0.05, 0) is 42.0 Å². The highest BCUT2D eigenvalue weighted by molar-refractivity contribution is 7.98. The number of anilines is 1. The molecule has 0 spiro atoms. The van der Waals surface area contributed by atoms with Gasteiger partial charge in [0.15, 0.2) is 0 Å². The predicted molar refractivity (Wildman–Crippen MR) is 114 cm³/mol. The molecule has 0 radical (unpaired) electrons. The van der Waals surface area contributed by atoms with Gasteiger partial charge in [-0.3, -0.25) is 9.10 Å². The third kappa shape index (κ3) is 7.82. The lowest BCUT2D eigenvalue weighted by molar-refractivity contribution is -0.119. The van der Waals surface area contributed by atoms with Crippen LogP contribution in [0.2, 0.25) is 5.02 Å². The van der Waals surface area contributed by atoms with Crippen molar-refractivity contribution in [3.63, 3.8) is 0 Å². The maximum atomic E-state index is 12.1. The summed E-state index contributed by atoms with van der Waals surface area (Å²) >= 11 is 7.64. The number of benzene rings is 2. The van der Waals surface area contributed by atoms with E-state index in [1.165, 1.54) is 5.56 Å². The molecule has 1 amide bonds. The second-order valence-corrected chi connectivity index (χ2v) is 9.44. The number of halogens is 1. The lowest BCUT2D eigenvalue weighted by Crippen LogP contribution is -2.40. The molecule has 0 saturated carbocycles. The largest absolute Gasteiger partial charge is 0.354 e. The van der Waals surface area contributed by atoms with Gasteiger partial charge in [-0.1, -0.05) is 41.9 Å². The second kappa shape index (κ2) is 10.6. The van der Waals surface area contributed by atoms with Gasteiger partial charge in [0.05, 0.1) is 11.9 Å². The van der Waals surface area contributed by atoms with Gasteiger partial charge in [0.25, 0.3) is 0 Å². The Morgan fingerprint density at radius 2 is 1.78 bits per heavy atom. The summed E-state index contributed by atoms with van der Waals surface area (Å²) in [5.41, 5.74) is 1.69. The van der Waals surface area contributed by atoms with Gasteiger partial charge in [-0.15, -0.1) is 0 Å². The molecule has 8 heteroatoms. The van der Waals surface area contributed by atoms with Crippen molar-refractivity contribution in [1.29, 1.82) is 0 Å². The summed E-state index contributed by atoms with van der Waals surface area (Å²) < 4.78 is 25.1. The van der Waals surface area contributed by atoms with Crippen molar-refractivity contribution in [1.82, 2.24) is 5.32 Å². The Morgan fingerprint density at radius 3 is 2.41 bits per heavy atom. The van der Waals surface area contributed by atoms with Crippen LogP contribution in [0.3, 0.4) is 0 Å². The van der Waals surface area contributed by atoms with Crippen molar-refractivity contribution in [2.45, 2.75) is 12.2 Å². The van der Waals surface area contributed by atoms with Crippen LogP contribution in [0.5, 0.6) is 0 Å². The number of sulfonamides is 1. The minimum Gasteiger partial charge on any atom is -0.354 e. The fraction of sp³-hybridized carbons (Fsp3) is 0.316. The van der Waals surface area contributed by atoms with E-state index in [2.05, 4.69) is 17.4 Å². The summed E-state index contributed by atoms with van der Waals surface area (Å²) in [6.45, 7) is 0.260. The number of carbonyl (C=O) groups excluding carboxylic acids is 1. The number of carbonyl (C=O) groups is 1. The molecule has 1 N–H and O–H groups in total. The van der Waals surface area contributed by atoms with E-state index in [1.54, 1.807) is 36.0 Å². The molecular weight excluding hydrogens is 404 g/mol. The van der Waals surface area contributed by atoms with E-state index in [-0.39, 0.29) is 12.5 Å². The summed E-state index contributed by atoms with van der Waals surface area (Å²) in [6.07, 6.45) is 1.90. The van der Waals surface area contributed by atoms with Crippen molar-refractivity contribution >= 4 is 45.0 Å². The lowest BCUT2D eigenvalue weighted by Gasteiger charge is -2.21. The van der Waals surface area contributed by atoms with Crippen LogP contribution < -0.4 is 9.62 Å². The van der Waals surface area contributed by atoms with Gasteiger partial charge in [-0.25, -0.2) is 8.42 Å². The van der Waals surface area contributed by atoms with Crippen molar-refractivity contribution in [3.8, 4) is 0 Å². The van der Waals surface area contributed by atoms with Crippen LogP contribution in [0, 0.1) is 0 Å². The van der Waals surface area contributed by atoms with Crippen LogP contribution in [-0.2, 0) is 20.6 Å². The van der Waals surface area contributed by atoms with E-state index >= 15 is 0 Å². The van der Waals surface area contributed by atoms with Gasteiger partial charge in [-0.2, -0.15) is 11.8 Å². The molecule has 2 aromatic rings. The average Bonchev–Trinajstić information content (AvgIpc) is 2.63. The highest BCUT2D eigenvalue weighted by Crippen LogP contribution is 2.20. The molecular formula is C19H23ClN2O3S2. The van der Waals surface area contributed by atoms with Gasteiger partial charge in [0.2, 0.25) is 15.9 Å². The minimum absolute atomic E-state index is 0.252. The Bertz CT molecular complexity index is 828. The normalized spacial score (nSPS) is 11.2. The van der Waals surface area contributed by atoms with E-state index in [0.29, 0.717) is 17.3 Å². The van der Waals surface area contributed by atoms with Crippen molar-refractivity contribution in [2.75, 3.05) is 29.4 Å². The molecule has 0 aromatic heterocycles. The highest BCUT2D eigenvalue weighted by Gasteiger charge is 2.20. The number of amides is 1. The first-order valence-corrected chi connectivity index (χ1v) is 11.9. The first kappa shape index (κ1) is 21.6. The molecule has 27 heavy (non-hydrogen) atoms. The topological polar surface area (TPSA) is 66.5 Å². The first-order valence-electron chi connectivity index (χ1n) is 8.48. The molecule has 0 aliphatic rings. The number of nitrogens with zero attached hydrogens (tertiary/aromatic N) is 1. The molecule has 0 saturated heterocycles. The zero-order valence-electron chi connectivity index (χ0n) is 15.1. The number of hydrogen-bond acceptors (Lipinski definition) is 4. The average molecular weight is 427 g/mol. The van der Waals surface area contributed by atoms with Crippen LogP contribution in [0.25, 0.3) is 0 Å². The van der Waals surface area contributed by atoms with Crippen LogP contribution in [0.4, 0.5) is 5.69 Å². The summed E-state index contributed by atoms with van der Waals surface area (Å²) in [7, 11) is -3.57. The maximum Gasteiger partial charge on any atom is 0.240 e. The predicted octanol–water partition coefficient (Wildman–Crippen LogP) is 3.55. The van der Waals surface area contributed by atoms with E-state index < -0.39 is 10.0 Å². The minimum atomic E-state index is -3.57. The highest BCUT2D eigenvalue weighted by atomic mass is 35.5. The van der Waals surface area contributed by atoms with Crippen molar-refractivity contribution in [3.05, 3.63) is 65.2 Å². The molecule has 0 unspecified atom stereocenters. The molecule has 0 bridgehead atoms. The van der Waals surface area contributed by atoms with Crippen LogP contribution in [0.1, 0.15) is 12.0 Å². The second-order valence-electron chi connectivity index (χ2n) is 5.99. The summed E-state index contributed by atoms with van der Waals surface area (Å²) in [5, 5.41) is 3.28. The third-order valence-corrected chi connectivity index (χ3v) is 6.21. The smallest absolute Gasteiger partial charge is 0.240 e. The van der Waals surface area contributed by atoms with Gasteiger partial charge in [0, 0.05) is 17.3 Å². The fourth-order valence-electron chi connectivity index (χ4n) is 2.36. The molecule has 2 aromatic carbocycles. The molecule has 0 atom stereocenters. The quantitative estimate of drug-likeness (QED) is 0.590.